The van der Waals surface area contributed by atoms with Crippen LogP contribution < -0.4 is 10.4 Å². The lowest BCUT2D eigenvalue weighted by atomic mass is 10.1. The van der Waals surface area contributed by atoms with Crippen molar-refractivity contribution in [2.45, 2.75) is 10.9 Å². The van der Waals surface area contributed by atoms with Gasteiger partial charge in [0, 0.05) is 38.6 Å². The number of rotatable bonds is 7. The highest BCUT2D eigenvalue weighted by atomic mass is 32.2. The standard InChI is InChI=1S/C24H28N6O4S/c1-28(2)16-21-17-29(24-25-14-20(15-26-24)23(31)27-32)12-13-30(21)35(33,34)22-10-8-19(9-11-22)18-6-4-3-5-7-18/h3-11,14-15,21,32H,12-13,16-17H2,1-2H3,(H,27,31). The van der Waals surface area contributed by atoms with Gasteiger partial charge in [-0.1, -0.05) is 42.5 Å². The second-order valence-electron chi connectivity index (χ2n) is 8.58. The summed E-state index contributed by atoms with van der Waals surface area (Å²) < 4.78 is 28.8. The molecule has 1 aliphatic heterocycles. The number of carbonyl (C=O) groups excluding carboxylic acids is 1. The summed E-state index contributed by atoms with van der Waals surface area (Å²) in [5, 5.41) is 8.76. The minimum absolute atomic E-state index is 0.126. The number of carbonyl (C=O) groups is 1. The van der Waals surface area contributed by atoms with Crippen molar-refractivity contribution in [2.75, 3.05) is 45.2 Å². The summed E-state index contributed by atoms with van der Waals surface area (Å²) in [6.45, 7) is 1.58. The fraction of sp³-hybridized carbons (Fsp3) is 0.292. The summed E-state index contributed by atoms with van der Waals surface area (Å²) in [4.78, 5) is 24.1. The topological polar surface area (TPSA) is 119 Å². The number of benzene rings is 2. The van der Waals surface area contributed by atoms with Crippen molar-refractivity contribution in [2.24, 2.45) is 0 Å². The Morgan fingerprint density at radius 3 is 2.26 bits per heavy atom. The Labute approximate surface area is 204 Å². The van der Waals surface area contributed by atoms with Gasteiger partial charge in [0.2, 0.25) is 16.0 Å². The highest BCUT2D eigenvalue weighted by Gasteiger charge is 2.37. The lowest BCUT2D eigenvalue weighted by Crippen LogP contribution is -2.58. The number of hydrogen-bond acceptors (Lipinski definition) is 8. The van der Waals surface area contributed by atoms with E-state index in [2.05, 4.69) is 9.97 Å². The quantitative estimate of drug-likeness (QED) is 0.375. The molecule has 1 aromatic heterocycles. The lowest BCUT2D eigenvalue weighted by Gasteiger charge is -2.41. The molecule has 35 heavy (non-hydrogen) atoms. The number of nitrogens with one attached hydrogen (secondary N) is 1. The molecular formula is C24H28N6O4S. The second-order valence-corrected chi connectivity index (χ2v) is 10.5. The first-order valence-electron chi connectivity index (χ1n) is 11.1. The van der Waals surface area contributed by atoms with E-state index in [1.807, 2.05) is 66.4 Å². The second kappa shape index (κ2) is 10.5. The molecule has 2 aromatic carbocycles. The number of nitrogens with zero attached hydrogens (tertiary/aromatic N) is 5. The minimum atomic E-state index is -3.72. The van der Waals surface area contributed by atoms with E-state index in [1.165, 1.54) is 12.4 Å². The Morgan fingerprint density at radius 2 is 1.66 bits per heavy atom. The molecule has 1 fully saturated rings. The van der Waals surface area contributed by atoms with Crippen molar-refractivity contribution in [3.63, 3.8) is 0 Å². The van der Waals surface area contributed by atoms with Gasteiger partial charge in [0.05, 0.1) is 16.5 Å². The molecule has 1 atom stereocenters. The molecule has 0 saturated carbocycles. The van der Waals surface area contributed by atoms with Crippen LogP contribution in [0, 0.1) is 0 Å². The molecule has 1 amide bonds. The van der Waals surface area contributed by atoms with Gasteiger partial charge in [0.25, 0.3) is 5.91 Å². The van der Waals surface area contributed by atoms with Crippen LogP contribution >= 0.6 is 0 Å². The number of hydrogen-bond donors (Lipinski definition) is 2. The lowest BCUT2D eigenvalue weighted by molar-refractivity contribution is 0.0705. The van der Waals surface area contributed by atoms with E-state index in [4.69, 9.17) is 5.21 Å². The van der Waals surface area contributed by atoms with Crippen LogP contribution in [-0.2, 0) is 10.0 Å². The molecule has 1 unspecified atom stereocenters. The van der Waals surface area contributed by atoms with Crippen molar-refractivity contribution in [3.05, 3.63) is 72.6 Å². The highest BCUT2D eigenvalue weighted by molar-refractivity contribution is 7.89. The Morgan fingerprint density at radius 1 is 1.03 bits per heavy atom. The van der Waals surface area contributed by atoms with Gasteiger partial charge in [0.1, 0.15) is 0 Å². The van der Waals surface area contributed by atoms with Gasteiger partial charge in [-0.3, -0.25) is 10.0 Å². The molecule has 0 bridgehead atoms. The molecule has 1 saturated heterocycles. The van der Waals surface area contributed by atoms with Crippen LogP contribution in [0.1, 0.15) is 10.4 Å². The van der Waals surface area contributed by atoms with E-state index >= 15 is 0 Å². The zero-order chi connectivity index (χ0) is 25.0. The van der Waals surface area contributed by atoms with Gasteiger partial charge in [-0.2, -0.15) is 4.31 Å². The first kappa shape index (κ1) is 24.7. The van der Waals surface area contributed by atoms with Crippen molar-refractivity contribution < 1.29 is 18.4 Å². The van der Waals surface area contributed by atoms with Crippen LogP contribution in [0.5, 0.6) is 0 Å². The molecule has 11 heteroatoms. The number of sulfonamides is 1. The first-order chi connectivity index (χ1) is 16.8. The van der Waals surface area contributed by atoms with E-state index < -0.39 is 15.9 Å². The SMILES string of the molecule is CN(C)CC1CN(c2ncc(C(=O)NO)cn2)CCN1S(=O)(=O)c1ccc(-c2ccccc2)cc1. The molecule has 2 heterocycles. The number of amides is 1. The third-order valence-electron chi connectivity index (χ3n) is 5.86. The molecule has 0 spiro atoms. The number of likely N-dealkylation sites (N-methyl/N-ethyl adjacent to an activating group) is 1. The van der Waals surface area contributed by atoms with Gasteiger partial charge in [-0.15, -0.1) is 0 Å². The largest absolute Gasteiger partial charge is 0.338 e. The third kappa shape index (κ3) is 5.49. The summed E-state index contributed by atoms with van der Waals surface area (Å²) in [5.41, 5.74) is 3.65. The smallest absolute Gasteiger partial charge is 0.277 e. The molecule has 3 aromatic rings. The predicted molar refractivity (Wildman–Crippen MR) is 132 cm³/mol. The minimum Gasteiger partial charge on any atom is -0.338 e. The Kier molecular flexibility index (Phi) is 7.41. The third-order valence-corrected chi connectivity index (χ3v) is 7.82. The van der Waals surface area contributed by atoms with Crippen LogP contribution in [0.25, 0.3) is 11.1 Å². The average molecular weight is 497 g/mol. The van der Waals surface area contributed by atoms with Crippen LogP contribution in [0.15, 0.2) is 71.9 Å². The Bertz CT molecular complexity index is 1250. The monoisotopic (exact) mass is 496 g/mol. The maximum absolute atomic E-state index is 13.6. The molecule has 0 radical (unpaired) electrons. The van der Waals surface area contributed by atoms with Gasteiger partial charge in [-0.05, 0) is 37.4 Å². The van der Waals surface area contributed by atoms with E-state index in [1.54, 1.807) is 21.9 Å². The zero-order valence-corrected chi connectivity index (χ0v) is 20.4. The fourth-order valence-corrected chi connectivity index (χ4v) is 5.76. The van der Waals surface area contributed by atoms with Gasteiger partial charge < -0.3 is 9.80 Å². The van der Waals surface area contributed by atoms with Crippen LogP contribution in [-0.4, -0.2) is 85.0 Å². The summed E-state index contributed by atoms with van der Waals surface area (Å²) in [6.07, 6.45) is 2.65. The number of anilines is 1. The Balaban J connectivity index is 1.55. The summed E-state index contributed by atoms with van der Waals surface area (Å²) in [7, 11) is 0.0757. The summed E-state index contributed by atoms with van der Waals surface area (Å²) in [6, 6.07) is 16.5. The first-order valence-corrected chi connectivity index (χ1v) is 12.6. The summed E-state index contributed by atoms with van der Waals surface area (Å²) >= 11 is 0. The predicted octanol–water partition coefficient (Wildman–Crippen LogP) is 1.70. The Hall–Kier alpha value is -3.38. The van der Waals surface area contributed by atoms with Crippen LogP contribution in [0.3, 0.4) is 0 Å². The maximum Gasteiger partial charge on any atom is 0.277 e. The van der Waals surface area contributed by atoms with E-state index in [0.29, 0.717) is 25.6 Å². The van der Waals surface area contributed by atoms with Gasteiger partial charge in [0.15, 0.2) is 0 Å². The maximum atomic E-state index is 13.6. The van der Waals surface area contributed by atoms with Gasteiger partial charge >= 0.3 is 0 Å². The van der Waals surface area contributed by atoms with E-state index in [9.17, 15) is 13.2 Å². The van der Waals surface area contributed by atoms with Crippen molar-refractivity contribution >= 4 is 21.9 Å². The van der Waals surface area contributed by atoms with E-state index in [-0.39, 0.29) is 23.0 Å². The molecule has 1 aliphatic rings. The van der Waals surface area contributed by atoms with Crippen LogP contribution in [0.2, 0.25) is 0 Å². The average Bonchev–Trinajstić information content (AvgIpc) is 2.88. The fourth-order valence-electron chi connectivity index (χ4n) is 4.16. The molecule has 4 rings (SSSR count). The summed E-state index contributed by atoms with van der Waals surface area (Å²) in [5.74, 6) is -0.302. The normalized spacial score (nSPS) is 16.9. The van der Waals surface area contributed by atoms with Crippen LogP contribution in [0.4, 0.5) is 5.95 Å². The van der Waals surface area contributed by atoms with E-state index in [0.717, 1.165) is 11.1 Å². The van der Waals surface area contributed by atoms with Gasteiger partial charge in [-0.25, -0.2) is 23.9 Å². The number of piperazine rings is 1. The van der Waals surface area contributed by atoms with Crippen molar-refractivity contribution in [1.29, 1.82) is 0 Å². The molecule has 10 nitrogen and oxygen atoms in total. The molecule has 2 N–H and O–H groups in total. The number of hydroxylamine groups is 1. The number of aromatic nitrogens is 2. The highest BCUT2D eigenvalue weighted by Crippen LogP contribution is 2.26. The molecule has 0 aliphatic carbocycles. The van der Waals surface area contributed by atoms with Crippen molar-refractivity contribution in [3.8, 4) is 11.1 Å². The molecule has 184 valence electrons. The molecular weight excluding hydrogens is 468 g/mol. The van der Waals surface area contributed by atoms with Crippen molar-refractivity contribution in [1.82, 2.24) is 24.7 Å². The zero-order valence-electron chi connectivity index (χ0n) is 19.6.